The first-order valence-electron chi connectivity index (χ1n) is 13.1. The first-order chi connectivity index (χ1) is 19.1. The van der Waals surface area contributed by atoms with Gasteiger partial charge < -0.3 is 0 Å². The number of ketones is 1. The molecule has 1 amide bonds. The summed E-state index contributed by atoms with van der Waals surface area (Å²) in [5.74, 6) is -2.24. The molecule has 0 saturated heterocycles. The highest BCUT2D eigenvalue weighted by molar-refractivity contribution is 7.59. The van der Waals surface area contributed by atoms with Crippen LogP contribution in [0.2, 0.25) is 0 Å². The summed E-state index contributed by atoms with van der Waals surface area (Å²) in [6.07, 6.45) is -3.32. The number of aromatic nitrogens is 2. The number of nitrogens with zero attached hydrogens (tertiary/aromatic N) is 3. The average Bonchev–Trinajstić information content (AvgIpc) is 3.72. The minimum absolute atomic E-state index is 0. The Labute approximate surface area is 254 Å². The molecule has 0 bridgehead atoms. The highest BCUT2D eigenvalue weighted by Crippen LogP contribution is 2.50. The van der Waals surface area contributed by atoms with E-state index in [9.17, 15) is 27.2 Å². The van der Waals surface area contributed by atoms with Gasteiger partial charge in [-0.1, -0.05) is 42.5 Å². The highest BCUT2D eigenvalue weighted by atomic mass is 32.1. The summed E-state index contributed by atoms with van der Waals surface area (Å²) in [4.78, 5) is 29.5. The number of halogens is 4. The van der Waals surface area contributed by atoms with E-state index in [2.05, 4.69) is 0 Å². The molecule has 0 radical (unpaired) electrons. The van der Waals surface area contributed by atoms with Crippen LogP contribution in [0.1, 0.15) is 57.9 Å². The van der Waals surface area contributed by atoms with Crippen LogP contribution in [-0.2, 0) is 11.0 Å². The Morgan fingerprint density at radius 1 is 0.952 bits per heavy atom. The van der Waals surface area contributed by atoms with Gasteiger partial charge in [-0.15, -0.1) is 0 Å². The fourth-order valence-electron chi connectivity index (χ4n) is 5.65. The Morgan fingerprint density at radius 3 is 2.24 bits per heavy atom. The minimum atomic E-state index is -4.60. The maximum absolute atomic E-state index is 14.3. The number of hydrogen-bond donors (Lipinski definition) is 0. The Balaban J connectivity index is 0.00000202. The van der Waals surface area contributed by atoms with Crippen molar-refractivity contribution >= 4 is 44.5 Å². The number of rotatable bonds is 6. The van der Waals surface area contributed by atoms with Gasteiger partial charge in [-0.25, -0.2) is 9.07 Å². The molecule has 1 aliphatic heterocycles. The van der Waals surface area contributed by atoms with Gasteiger partial charge in [-0.2, -0.15) is 45.3 Å². The molecule has 220 valence electrons. The first-order valence-corrected chi connectivity index (χ1v) is 13.1. The first kappa shape index (κ1) is 31.4. The molecule has 0 N–H and O–H groups in total. The second-order valence-electron chi connectivity index (χ2n) is 10.4. The number of alkyl halides is 3. The van der Waals surface area contributed by atoms with E-state index in [0.29, 0.717) is 17.1 Å². The number of fused-ring (bicyclic) bond motifs is 1. The second-order valence-corrected chi connectivity index (χ2v) is 10.4. The molecule has 42 heavy (non-hydrogen) atoms. The summed E-state index contributed by atoms with van der Waals surface area (Å²) in [6.45, 7) is 1.83. The zero-order chi connectivity index (χ0) is 28.2. The van der Waals surface area contributed by atoms with E-state index in [0.717, 1.165) is 36.2 Å². The van der Waals surface area contributed by atoms with Crippen LogP contribution in [-0.4, -0.2) is 27.5 Å². The molecular formula is C31H29F4N3O2S2. The normalized spacial score (nSPS) is 18.1. The number of amides is 1. The maximum atomic E-state index is 14.3. The van der Waals surface area contributed by atoms with E-state index in [1.165, 1.54) is 24.3 Å². The number of carbonyl (C=O) groups is 2. The number of hydrogen-bond acceptors (Lipinski definition) is 3. The molecule has 0 unspecified atom stereocenters. The summed E-state index contributed by atoms with van der Waals surface area (Å²) >= 11 is 0. The highest BCUT2D eigenvalue weighted by Gasteiger charge is 2.50. The van der Waals surface area contributed by atoms with Crippen LogP contribution in [0.3, 0.4) is 0 Å². The zero-order valence-electron chi connectivity index (χ0n) is 22.5. The quantitative estimate of drug-likeness (QED) is 0.172. The van der Waals surface area contributed by atoms with Crippen molar-refractivity contribution in [3.05, 3.63) is 113 Å². The van der Waals surface area contributed by atoms with Crippen molar-refractivity contribution in [3.63, 3.8) is 0 Å². The standard InChI is InChI=1S/C31H25F4N3O2.2H2S/c1-18-27-28(19-10-12-22(32)13-11-19)25(17-26(39)20-6-5-7-21(16-20)31(33,34)35)30(40)37(23-14-15-23)29(27)38(36-18)24-8-3-2-4-9-24;;/h2-13,16,23,25,28H,14-15,17H2,1H3;2*1H2/t25-,28+;;/m0../s1. The minimum Gasteiger partial charge on any atom is -0.294 e. The third-order valence-corrected chi connectivity index (χ3v) is 7.64. The fourth-order valence-corrected chi connectivity index (χ4v) is 5.65. The van der Waals surface area contributed by atoms with Crippen molar-refractivity contribution in [3.8, 4) is 5.69 Å². The van der Waals surface area contributed by atoms with Crippen molar-refractivity contribution < 1.29 is 27.2 Å². The predicted octanol–water partition coefficient (Wildman–Crippen LogP) is 7.09. The number of Topliss-reactive ketones (excluding diaryl/α,β-unsaturated/α-hetero) is 1. The third kappa shape index (κ3) is 5.72. The third-order valence-electron chi connectivity index (χ3n) is 7.64. The predicted molar refractivity (Wildman–Crippen MR) is 162 cm³/mol. The molecule has 11 heteroatoms. The SMILES string of the molecule is Cc1nn(-c2ccccc2)c2c1[C@H](c1ccc(F)cc1)[C@H](CC(=O)c1cccc(C(F)(F)F)c1)C(=O)N2C1CC1.S.S. The van der Waals surface area contributed by atoms with Crippen LogP contribution in [0, 0.1) is 18.7 Å². The van der Waals surface area contributed by atoms with Crippen LogP contribution in [0.5, 0.6) is 0 Å². The second kappa shape index (κ2) is 12.0. The summed E-state index contributed by atoms with van der Waals surface area (Å²) in [7, 11) is 0. The molecule has 0 spiro atoms. The van der Waals surface area contributed by atoms with Gasteiger partial charge in [0.15, 0.2) is 5.78 Å². The van der Waals surface area contributed by atoms with E-state index in [-0.39, 0.29) is 50.9 Å². The summed E-state index contributed by atoms with van der Waals surface area (Å²) in [5, 5.41) is 4.80. The van der Waals surface area contributed by atoms with Gasteiger partial charge in [0.2, 0.25) is 5.91 Å². The lowest BCUT2D eigenvalue weighted by Crippen LogP contribution is -2.46. The van der Waals surface area contributed by atoms with Gasteiger partial charge in [0, 0.05) is 29.5 Å². The molecule has 2 atom stereocenters. The Hall–Kier alpha value is -3.57. The Morgan fingerprint density at radius 2 is 1.62 bits per heavy atom. The topological polar surface area (TPSA) is 55.2 Å². The van der Waals surface area contributed by atoms with Gasteiger partial charge in [-0.3, -0.25) is 14.5 Å². The average molecular weight is 616 g/mol. The largest absolute Gasteiger partial charge is 0.416 e. The molecule has 2 aliphatic rings. The maximum Gasteiger partial charge on any atom is 0.416 e. The van der Waals surface area contributed by atoms with Crippen LogP contribution >= 0.6 is 27.0 Å². The van der Waals surface area contributed by atoms with Crippen molar-refractivity contribution in [2.24, 2.45) is 5.92 Å². The van der Waals surface area contributed by atoms with Crippen LogP contribution in [0.15, 0.2) is 78.9 Å². The van der Waals surface area contributed by atoms with Crippen LogP contribution in [0.4, 0.5) is 23.4 Å². The van der Waals surface area contributed by atoms with Crippen molar-refractivity contribution in [1.29, 1.82) is 0 Å². The lowest BCUT2D eigenvalue weighted by Gasteiger charge is -2.38. The van der Waals surface area contributed by atoms with Gasteiger partial charge in [0.25, 0.3) is 0 Å². The van der Waals surface area contributed by atoms with E-state index in [4.69, 9.17) is 5.10 Å². The Kier molecular flexibility index (Phi) is 8.94. The summed E-state index contributed by atoms with van der Waals surface area (Å²) in [6, 6.07) is 19.4. The molecule has 1 saturated carbocycles. The summed E-state index contributed by atoms with van der Waals surface area (Å²) in [5.41, 5.74) is 1.77. The molecule has 5 nitrogen and oxygen atoms in total. The molecule has 2 heterocycles. The number of para-hydroxylation sites is 1. The Bertz CT molecular complexity index is 1600. The molecule has 4 aromatic rings. The van der Waals surface area contributed by atoms with Crippen LogP contribution in [0.25, 0.3) is 5.69 Å². The number of carbonyl (C=O) groups excluding carboxylic acids is 2. The number of aryl methyl sites for hydroxylation is 1. The molecular weight excluding hydrogens is 586 g/mol. The summed E-state index contributed by atoms with van der Waals surface area (Å²) < 4.78 is 55.7. The van der Waals surface area contributed by atoms with Gasteiger partial charge in [0.1, 0.15) is 11.6 Å². The van der Waals surface area contributed by atoms with Crippen molar-refractivity contribution in [2.45, 2.75) is 44.3 Å². The molecule has 3 aromatic carbocycles. The van der Waals surface area contributed by atoms with Crippen molar-refractivity contribution in [1.82, 2.24) is 9.78 Å². The lowest BCUT2D eigenvalue weighted by atomic mass is 9.74. The smallest absolute Gasteiger partial charge is 0.294 e. The lowest BCUT2D eigenvalue weighted by molar-refractivity contribution is -0.137. The van der Waals surface area contributed by atoms with E-state index in [1.54, 1.807) is 21.7 Å². The van der Waals surface area contributed by atoms with E-state index < -0.39 is 35.2 Å². The number of benzene rings is 3. The van der Waals surface area contributed by atoms with E-state index in [1.807, 2.05) is 37.3 Å². The number of anilines is 1. The van der Waals surface area contributed by atoms with Crippen molar-refractivity contribution in [2.75, 3.05) is 4.90 Å². The molecule has 1 aromatic heterocycles. The van der Waals surface area contributed by atoms with Gasteiger partial charge in [0.05, 0.1) is 22.9 Å². The molecule has 1 aliphatic carbocycles. The zero-order valence-corrected chi connectivity index (χ0v) is 24.5. The van der Waals surface area contributed by atoms with Gasteiger partial charge >= 0.3 is 6.18 Å². The van der Waals surface area contributed by atoms with Gasteiger partial charge in [-0.05, 0) is 61.7 Å². The van der Waals surface area contributed by atoms with Crippen LogP contribution < -0.4 is 4.90 Å². The fraction of sp³-hybridized carbons (Fsp3) is 0.258. The monoisotopic (exact) mass is 615 g/mol. The molecule has 1 fully saturated rings. The molecule has 6 rings (SSSR count). The van der Waals surface area contributed by atoms with E-state index >= 15 is 0 Å².